The molecule has 1 aliphatic rings. The normalized spacial score (nSPS) is 17.3. The lowest BCUT2D eigenvalue weighted by Gasteiger charge is -2.22. The average molecular weight is 313 g/mol. The van der Waals surface area contributed by atoms with Crippen LogP contribution in [0.25, 0.3) is 11.4 Å². The van der Waals surface area contributed by atoms with Crippen LogP contribution in [-0.2, 0) is 4.79 Å². The van der Waals surface area contributed by atoms with E-state index in [2.05, 4.69) is 16.2 Å². The van der Waals surface area contributed by atoms with Gasteiger partial charge < -0.3 is 0 Å². The molecular formula is C15H15N5OS. The highest BCUT2D eigenvalue weighted by Gasteiger charge is 2.33. The van der Waals surface area contributed by atoms with Gasteiger partial charge in [0, 0.05) is 25.2 Å². The second-order valence-electron chi connectivity index (χ2n) is 5.08. The molecule has 0 unspecified atom stereocenters. The maximum atomic E-state index is 12.5. The molecular weight excluding hydrogens is 298 g/mol. The highest BCUT2D eigenvalue weighted by atomic mass is 32.1. The van der Waals surface area contributed by atoms with Crippen LogP contribution in [0.1, 0.15) is 12.8 Å². The van der Waals surface area contributed by atoms with Gasteiger partial charge in [0.25, 0.3) is 5.91 Å². The van der Waals surface area contributed by atoms with E-state index in [1.807, 2.05) is 23.6 Å². The standard InChI is InChI=1S/C15H15N5OS/c1-19(14(21)13-6-4-8-20(13)10-16)15-18-12(9-22-15)11-5-2-3-7-17-11/h2-3,5,7,9,13H,4,6,8H2,1H3/t13-/m0/s1. The van der Waals surface area contributed by atoms with E-state index in [9.17, 15) is 4.79 Å². The Hall–Kier alpha value is -2.46. The first-order chi connectivity index (χ1) is 10.7. The summed E-state index contributed by atoms with van der Waals surface area (Å²) in [6.07, 6.45) is 5.39. The Kier molecular flexibility index (Phi) is 4.02. The smallest absolute Gasteiger partial charge is 0.251 e. The third-order valence-electron chi connectivity index (χ3n) is 3.70. The second kappa shape index (κ2) is 6.12. The minimum atomic E-state index is -0.364. The summed E-state index contributed by atoms with van der Waals surface area (Å²) in [5, 5.41) is 11.6. The van der Waals surface area contributed by atoms with Crippen LogP contribution < -0.4 is 4.90 Å². The van der Waals surface area contributed by atoms with Crippen molar-refractivity contribution < 1.29 is 4.79 Å². The molecule has 112 valence electrons. The lowest BCUT2D eigenvalue weighted by atomic mass is 10.2. The van der Waals surface area contributed by atoms with E-state index in [-0.39, 0.29) is 11.9 Å². The molecule has 3 heterocycles. The quantitative estimate of drug-likeness (QED) is 0.812. The summed E-state index contributed by atoms with van der Waals surface area (Å²) in [6.45, 7) is 0.651. The van der Waals surface area contributed by atoms with E-state index in [1.54, 1.807) is 18.1 Å². The van der Waals surface area contributed by atoms with Gasteiger partial charge in [0.2, 0.25) is 0 Å². The maximum absolute atomic E-state index is 12.5. The number of hydrogen-bond acceptors (Lipinski definition) is 6. The van der Waals surface area contributed by atoms with E-state index in [0.717, 1.165) is 24.2 Å². The van der Waals surface area contributed by atoms with Gasteiger partial charge in [-0.25, -0.2) is 4.98 Å². The van der Waals surface area contributed by atoms with Gasteiger partial charge in [-0.3, -0.25) is 19.6 Å². The van der Waals surface area contributed by atoms with Gasteiger partial charge in [-0.15, -0.1) is 11.3 Å². The van der Waals surface area contributed by atoms with Crippen molar-refractivity contribution in [3.63, 3.8) is 0 Å². The Morgan fingerprint density at radius 2 is 2.36 bits per heavy atom. The number of rotatable bonds is 3. The van der Waals surface area contributed by atoms with E-state index in [0.29, 0.717) is 11.7 Å². The van der Waals surface area contributed by atoms with Crippen molar-refractivity contribution in [1.29, 1.82) is 5.26 Å². The summed E-state index contributed by atoms with van der Waals surface area (Å²) < 4.78 is 0. The van der Waals surface area contributed by atoms with E-state index >= 15 is 0 Å². The summed E-state index contributed by atoms with van der Waals surface area (Å²) in [6, 6.07) is 5.27. The monoisotopic (exact) mass is 313 g/mol. The van der Waals surface area contributed by atoms with Gasteiger partial charge >= 0.3 is 0 Å². The molecule has 7 heteroatoms. The number of thiazole rings is 1. The molecule has 0 aromatic carbocycles. The molecule has 3 rings (SSSR count). The van der Waals surface area contributed by atoms with Crippen LogP contribution in [0.4, 0.5) is 5.13 Å². The number of carbonyl (C=O) groups excluding carboxylic acids is 1. The molecule has 1 aliphatic heterocycles. The minimum absolute atomic E-state index is 0.0824. The number of likely N-dealkylation sites (tertiary alicyclic amines) is 1. The first-order valence-electron chi connectivity index (χ1n) is 7.01. The second-order valence-corrected chi connectivity index (χ2v) is 5.92. The molecule has 1 amide bonds. The van der Waals surface area contributed by atoms with Crippen molar-refractivity contribution in [3.8, 4) is 17.6 Å². The first-order valence-corrected chi connectivity index (χ1v) is 7.89. The van der Waals surface area contributed by atoms with Crippen LogP contribution in [0.5, 0.6) is 0 Å². The topological polar surface area (TPSA) is 73.1 Å². The third kappa shape index (κ3) is 2.65. The fourth-order valence-electron chi connectivity index (χ4n) is 2.51. The molecule has 2 aromatic rings. The summed E-state index contributed by atoms with van der Waals surface area (Å²) in [5.41, 5.74) is 1.54. The molecule has 1 atom stereocenters. The van der Waals surface area contributed by atoms with Crippen molar-refractivity contribution >= 4 is 22.4 Å². The van der Waals surface area contributed by atoms with Crippen molar-refractivity contribution in [2.24, 2.45) is 0 Å². The van der Waals surface area contributed by atoms with E-state index in [4.69, 9.17) is 5.26 Å². The van der Waals surface area contributed by atoms with E-state index in [1.165, 1.54) is 16.2 Å². The number of pyridine rings is 1. The number of anilines is 1. The van der Waals surface area contributed by atoms with Crippen LogP contribution >= 0.6 is 11.3 Å². The summed E-state index contributed by atoms with van der Waals surface area (Å²) in [4.78, 5) is 24.4. The molecule has 1 fully saturated rings. The molecule has 0 N–H and O–H groups in total. The Morgan fingerprint density at radius 3 is 3.09 bits per heavy atom. The lowest BCUT2D eigenvalue weighted by molar-refractivity contribution is -0.121. The number of likely N-dealkylation sites (N-methyl/N-ethyl adjacent to an activating group) is 1. The Bertz CT molecular complexity index is 708. The highest BCUT2D eigenvalue weighted by Crippen LogP contribution is 2.27. The third-order valence-corrected chi connectivity index (χ3v) is 4.62. The Morgan fingerprint density at radius 1 is 1.50 bits per heavy atom. The molecule has 0 saturated carbocycles. The van der Waals surface area contributed by atoms with Gasteiger partial charge in [0.1, 0.15) is 11.7 Å². The number of aromatic nitrogens is 2. The van der Waals surface area contributed by atoms with Crippen LogP contribution in [0, 0.1) is 11.5 Å². The fourth-order valence-corrected chi connectivity index (χ4v) is 3.30. The summed E-state index contributed by atoms with van der Waals surface area (Å²) in [7, 11) is 1.71. The van der Waals surface area contributed by atoms with Crippen LogP contribution in [-0.4, -0.2) is 40.4 Å². The molecule has 2 aromatic heterocycles. The van der Waals surface area contributed by atoms with Gasteiger partial charge in [0.15, 0.2) is 11.3 Å². The van der Waals surface area contributed by atoms with Gasteiger partial charge in [-0.2, -0.15) is 5.26 Å². The molecule has 6 nitrogen and oxygen atoms in total. The molecule has 0 bridgehead atoms. The van der Waals surface area contributed by atoms with Crippen molar-refractivity contribution in [2.45, 2.75) is 18.9 Å². The van der Waals surface area contributed by atoms with Crippen molar-refractivity contribution in [2.75, 3.05) is 18.5 Å². The van der Waals surface area contributed by atoms with Crippen LogP contribution in [0.2, 0.25) is 0 Å². The predicted octanol–water partition coefficient (Wildman–Crippen LogP) is 2.11. The zero-order chi connectivity index (χ0) is 15.5. The molecule has 0 radical (unpaired) electrons. The van der Waals surface area contributed by atoms with Gasteiger partial charge in [0.05, 0.1) is 5.69 Å². The van der Waals surface area contributed by atoms with Gasteiger partial charge in [-0.1, -0.05) is 6.07 Å². The van der Waals surface area contributed by atoms with Crippen LogP contribution in [0.15, 0.2) is 29.8 Å². The zero-order valence-electron chi connectivity index (χ0n) is 12.1. The molecule has 0 spiro atoms. The minimum Gasteiger partial charge on any atom is -0.298 e. The molecule has 1 saturated heterocycles. The average Bonchev–Trinajstić information content (AvgIpc) is 3.23. The summed E-state index contributed by atoms with van der Waals surface area (Å²) in [5.74, 6) is -0.0824. The number of nitriles is 1. The largest absolute Gasteiger partial charge is 0.298 e. The summed E-state index contributed by atoms with van der Waals surface area (Å²) >= 11 is 1.40. The van der Waals surface area contributed by atoms with Crippen LogP contribution in [0.3, 0.4) is 0 Å². The van der Waals surface area contributed by atoms with Gasteiger partial charge in [-0.05, 0) is 25.0 Å². The highest BCUT2D eigenvalue weighted by molar-refractivity contribution is 7.14. The lowest BCUT2D eigenvalue weighted by Crippen LogP contribution is -2.42. The number of amides is 1. The Balaban J connectivity index is 1.78. The van der Waals surface area contributed by atoms with E-state index < -0.39 is 0 Å². The van der Waals surface area contributed by atoms with Crippen molar-refractivity contribution in [1.82, 2.24) is 14.9 Å². The Labute approximate surface area is 132 Å². The fraction of sp³-hybridized carbons (Fsp3) is 0.333. The molecule has 0 aliphatic carbocycles. The van der Waals surface area contributed by atoms with Crippen molar-refractivity contribution in [3.05, 3.63) is 29.8 Å². The zero-order valence-corrected chi connectivity index (χ0v) is 13.0. The number of carbonyl (C=O) groups is 1. The maximum Gasteiger partial charge on any atom is 0.251 e. The first kappa shape index (κ1) is 14.5. The number of nitrogens with zero attached hydrogens (tertiary/aromatic N) is 5. The SMILES string of the molecule is CN(C(=O)[C@@H]1CCCN1C#N)c1nc(-c2ccccn2)cs1. The predicted molar refractivity (Wildman–Crippen MR) is 84.1 cm³/mol. The molecule has 22 heavy (non-hydrogen) atoms. The number of hydrogen-bond donors (Lipinski definition) is 0.